The van der Waals surface area contributed by atoms with Crippen LogP contribution in [0.25, 0.3) is 11.3 Å². The van der Waals surface area contributed by atoms with Crippen LogP contribution in [0.4, 0.5) is 0 Å². The van der Waals surface area contributed by atoms with Gasteiger partial charge in [-0.05, 0) is 18.2 Å². The molecule has 0 saturated heterocycles. The van der Waals surface area contributed by atoms with Gasteiger partial charge >= 0.3 is 5.56 Å². The van der Waals surface area contributed by atoms with Crippen LogP contribution in [0.3, 0.4) is 0 Å². The number of hydrogen-bond donors (Lipinski definition) is 0. The summed E-state index contributed by atoms with van der Waals surface area (Å²) in [4.78, 5) is 12.5. The number of halogens is 1. The number of benzene rings is 1. The maximum atomic E-state index is 12.5. The lowest BCUT2D eigenvalue weighted by atomic mass is 10.3. The van der Waals surface area contributed by atoms with Gasteiger partial charge in [0.05, 0.1) is 5.69 Å². The third-order valence-electron chi connectivity index (χ3n) is 2.86. The Balaban J connectivity index is 2.13. The van der Waals surface area contributed by atoms with Gasteiger partial charge < -0.3 is 0 Å². The van der Waals surface area contributed by atoms with Gasteiger partial charge in [0.15, 0.2) is 5.16 Å². The molecule has 0 spiro atoms. The third kappa shape index (κ3) is 2.59. The Bertz CT molecular complexity index is 871. The first-order valence-corrected chi connectivity index (χ1v) is 7.53. The molecule has 0 amide bonds. The molecule has 0 bridgehead atoms. The van der Waals surface area contributed by atoms with Crippen molar-refractivity contribution in [2.45, 2.75) is 5.16 Å². The molecule has 1 aromatic carbocycles. The highest BCUT2D eigenvalue weighted by molar-refractivity contribution is 7.99. The fourth-order valence-electron chi connectivity index (χ4n) is 1.93. The van der Waals surface area contributed by atoms with Gasteiger partial charge in [0.1, 0.15) is 0 Å². The summed E-state index contributed by atoms with van der Waals surface area (Å²) in [7, 11) is 0. The molecule has 2 heterocycles. The van der Waals surface area contributed by atoms with Gasteiger partial charge in [-0.25, -0.2) is 0 Å². The van der Waals surface area contributed by atoms with E-state index in [9.17, 15) is 4.79 Å². The van der Waals surface area contributed by atoms with Gasteiger partial charge in [0.2, 0.25) is 5.65 Å². The lowest BCUT2D eigenvalue weighted by molar-refractivity contribution is 0.894. The molecule has 0 aliphatic rings. The molecule has 5 nitrogen and oxygen atoms in total. The summed E-state index contributed by atoms with van der Waals surface area (Å²) in [6, 6.07) is 7.09. The first-order valence-electron chi connectivity index (χ1n) is 6.17. The molecule has 106 valence electrons. The minimum atomic E-state index is -0.238. The van der Waals surface area contributed by atoms with Gasteiger partial charge in [0, 0.05) is 23.2 Å². The number of aromatic nitrogens is 4. The SMILES string of the molecule is C=CCSc1nnc2c(=O)n(-c3cccc(Cl)c3)ccn12. The lowest BCUT2D eigenvalue weighted by Gasteiger charge is -2.06. The minimum Gasteiger partial charge on any atom is -0.280 e. The van der Waals surface area contributed by atoms with E-state index in [2.05, 4.69) is 16.8 Å². The van der Waals surface area contributed by atoms with E-state index in [1.807, 2.05) is 6.07 Å². The summed E-state index contributed by atoms with van der Waals surface area (Å²) in [6.07, 6.45) is 5.23. The van der Waals surface area contributed by atoms with E-state index in [4.69, 9.17) is 11.6 Å². The van der Waals surface area contributed by atoms with E-state index in [1.165, 1.54) is 16.3 Å². The van der Waals surface area contributed by atoms with Crippen LogP contribution in [0.2, 0.25) is 5.02 Å². The zero-order valence-corrected chi connectivity index (χ0v) is 12.5. The van der Waals surface area contributed by atoms with E-state index in [1.54, 1.807) is 41.1 Å². The topological polar surface area (TPSA) is 52.2 Å². The molecule has 21 heavy (non-hydrogen) atoms. The Hall–Kier alpha value is -2.05. The summed E-state index contributed by atoms with van der Waals surface area (Å²) in [5.41, 5.74) is 0.736. The van der Waals surface area contributed by atoms with Crippen LogP contribution >= 0.6 is 23.4 Å². The molecule has 2 aromatic heterocycles. The van der Waals surface area contributed by atoms with Gasteiger partial charge in [0.25, 0.3) is 0 Å². The molecule has 0 radical (unpaired) electrons. The van der Waals surface area contributed by atoms with Crippen molar-refractivity contribution in [2.24, 2.45) is 0 Å². The number of thioether (sulfide) groups is 1. The molecule has 0 aliphatic heterocycles. The smallest absolute Gasteiger partial charge is 0.280 e. The van der Waals surface area contributed by atoms with Crippen molar-refractivity contribution in [3.05, 3.63) is 64.7 Å². The second-order valence-electron chi connectivity index (χ2n) is 4.23. The Morgan fingerprint density at radius 2 is 2.19 bits per heavy atom. The number of hydrogen-bond acceptors (Lipinski definition) is 4. The highest BCUT2D eigenvalue weighted by Crippen LogP contribution is 2.17. The number of rotatable bonds is 4. The van der Waals surface area contributed by atoms with E-state index >= 15 is 0 Å². The van der Waals surface area contributed by atoms with Crippen molar-refractivity contribution in [3.8, 4) is 5.69 Å². The zero-order chi connectivity index (χ0) is 14.8. The molecule has 3 aromatic rings. The van der Waals surface area contributed by atoms with Crippen LogP contribution in [0.5, 0.6) is 0 Å². The normalized spacial score (nSPS) is 10.9. The van der Waals surface area contributed by atoms with Crippen molar-refractivity contribution < 1.29 is 0 Å². The molecule has 0 unspecified atom stereocenters. The number of nitrogens with zero attached hydrogens (tertiary/aromatic N) is 4. The van der Waals surface area contributed by atoms with Gasteiger partial charge in [-0.1, -0.05) is 35.5 Å². The summed E-state index contributed by atoms with van der Waals surface area (Å²) >= 11 is 7.44. The second-order valence-corrected chi connectivity index (χ2v) is 5.65. The molecular formula is C14H11ClN4OS. The molecule has 0 atom stereocenters. The minimum absolute atomic E-state index is 0.238. The number of fused-ring (bicyclic) bond motifs is 1. The van der Waals surface area contributed by atoms with Crippen LogP contribution in [0, 0.1) is 0 Å². The summed E-state index contributed by atoms with van der Waals surface area (Å²) in [6.45, 7) is 3.66. The average molecular weight is 319 g/mol. The summed E-state index contributed by atoms with van der Waals surface area (Å²) in [5, 5.41) is 9.25. The van der Waals surface area contributed by atoms with Crippen LogP contribution < -0.4 is 5.56 Å². The Labute approximate surface area is 129 Å². The molecule has 7 heteroatoms. The van der Waals surface area contributed by atoms with Crippen LogP contribution in [-0.2, 0) is 0 Å². The van der Waals surface area contributed by atoms with Gasteiger partial charge in [-0.3, -0.25) is 13.8 Å². The highest BCUT2D eigenvalue weighted by Gasteiger charge is 2.11. The molecule has 0 saturated carbocycles. The van der Waals surface area contributed by atoms with E-state index in [-0.39, 0.29) is 11.2 Å². The monoisotopic (exact) mass is 318 g/mol. The largest absolute Gasteiger partial charge is 0.300 e. The zero-order valence-electron chi connectivity index (χ0n) is 10.9. The predicted octanol–water partition coefficient (Wildman–Crippen LogP) is 2.81. The van der Waals surface area contributed by atoms with Crippen LogP contribution in [0.15, 0.2) is 59.3 Å². The standard InChI is InChI=1S/C14H11ClN4OS/c1-2-8-21-14-17-16-12-13(20)18(6-7-19(12)14)11-5-3-4-10(15)9-11/h2-7,9H,1,8H2. The van der Waals surface area contributed by atoms with Gasteiger partial charge in [-0.15, -0.1) is 16.8 Å². The Morgan fingerprint density at radius 3 is 2.95 bits per heavy atom. The second kappa shape index (κ2) is 5.75. The predicted molar refractivity (Wildman–Crippen MR) is 84.5 cm³/mol. The maximum Gasteiger partial charge on any atom is 0.300 e. The van der Waals surface area contributed by atoms with Gasteiger partial charge in [-0.2, -0.15) is 0 Å². The molecule has 0 N–H and O–H groups in total. The summed E-state index contributed by atoms with van der Waals surface area (Å²) < 4.78 is 3.18. The Kier molecular flexibility index (Phi) is 3.81. The lowest BCUT2D eigenvalue weighted by Crippen LogP contribution is -2.20. The highest BCUT2D eigenvalue weighted by atomic mass is 35.5. The van der Waals surface area contributed by atoms with Crippen molar-refractivity contribution in [2.75, 3.05) is 5.75 Å². The third-order valence-corrected chi connectivity index (χ3v) is 4.03. The van der Waals surface area contributed by atoms with Crippen molar-refractivity contribution in [3.63, 3.8) is 0 Å². The fraction of sp³-hybridized carbons (Fsp3) is 0.0714. The molecular weight excluding hydrogens is 308 g/mol. The van der Waals surface area contributed by atoms with Crippen molar-refractivity contribution >= 4 is 29.0 Å². The molecule has 0 fully saturated rings. The average Bonchev–Trinajstić information content (AvgIpc) is 2.89. The van der Waals surface area contributed by atoms with Crippen molar-refractivity contribution in [1.29, 1.82) is 0 Å². The first kappa shape index (κ1) is 13.9. The summed E-state index contributed by atoms with van der Waals surface area (Å²) in [5.74, 6) is 0.707. The fourth-order valence-corrected chi connectivity index (χ4v) is 2.76. The molecule has 3 rings (SSSR count). The van der Waals surface area contributed by atoms with Crippen molar-refractivity contribution in [1.82, 2.24) is 19.2 Å². The van der Waals surface area contributed by atoms with Crippen LogP contribution in [0.1, 0.15) is 0 Å². The maximum absolute atomic E-state index is 12.5. The quantitative estimate of drug-likeness (QED) is 0.548. The molecule has 0 aliphatic carbocycles. The Morgan fingerprint density at radius 1 is 1.33 bits per heavy atom. The van der Waals surface area contributed by atoms with E-state index < -0.39 is 0 Å². The van der Waals surface area contributed by atoms with E-state index in [0.29, 0.717) is 21.6 Å². The van der Waals surface area contributed by atoms with Crippen LogP contribution in [-0.4, -0.2) is 24.9 Å². The van der Waals surface area contributed by atoms with E-state index in [0.717, 1.165) is 0 Å². The first-order chi connectivity index (χ1) is 10.2.